The lowest BCUT2D eigenvalue weighted by atomic mass is 9.83. The van der Waals surface area contributed by atoms with Gasteiger partial charge in [-0.15, -0.1) is 11.3 Å². The summed E-state index contributed by atoms with van der Waals surface area (Å²) in [6.07, 6.45) is 6.75. The van der Waals surface area contributed by atoms with E-state index < -0.39 is 0 Å². The van der Waals surface area contributed by atoms with Crippen molar-refractivity contribution in [1.29, 1.82) is 0 Å². The van der Waals surface area contributed by atoms with Crippen molar-refractivity contribution in [2.45, 2.75) is 50.2 Å². The number of likely N-dealkylation sites (N-methyl/N-ethyl adjacent to an activating group) is 1. The lowest BCUT2D eigenvalue weighted by Gasteiger charge is -2.39. The second-order valence-electron chi connectivity index (χ2n) is 6.07. The van der Waals surface area contributed by atoms with Crippen LogP contribution in [0, 0.1) is 5.92 Å². The van der Waals surface area contributed by atoms with E-state index in [1.807, 2.05) is 11.3 Å². The molecule has 0 aromatic carbocycles. The molecule has 3 rings (SSSR count). The van der Waals surface area contributed by atoms with Crippen LogP contribution in [0.2, 0.25) is 0 Å². The van der Waals surface area contributed by atoms with E-state index >= 15 is 0 Å². The van der Waals surface area contributed by atoms with E-state index in [2.05, 4.69) is 51.7 Å². The van der Waals surface area contributed by atoms with Crippen molar-refractivity contribution in [2.75, 3.05) is 14.1 Å². The Morgan fingerprint density at radius 2 is 2.11 bits per heavy atom. The fraction of sp³-hybridized carbons (Fsp3) is 0.733. The van der Waals surface area contributed by atoms with Crippen molar-refractivity contribution < 1.29 is 0 Å². The summed E-state index contributed by atoms with van der Waals surface area (Å²) >= 11 is 5.55. The maximum Gasteiger partial charge on any atom is 0.0314 e. The molecule has 3 heterocycles. The molecule has 106 valence electrons. The topological polar surface area (TPSA) is 15.3 Å². The van der Waals surface area contributed by atoms with Gasteiger partial charge in [0.15, 0.2) is 0 Å². The first-order valence-electron chi connectivity index (χ1n) is 7.30. The smallest absolute Gasteiger partial charge is 0.0314 e. The Morgan fingerprint density at radius 1 is 1.42 bits per heavy atom. The zero-order valence-corrected chi connectivity index (χ0v) is 14.1. The monoisotopic (exact) mass is 342 g/mol. The normalized spacial score (nSPS) is 32.7. The predicted octanol–water partition coefficient (Wildman–Crippen LogP) is 3.51. The van der Waals surface area contributed by atoms with E-state index in [1.54, 1.807) is 0 Å². The van der Waals surface area contributed by atoms with Gasteiger partial charge in [0.2, 0.25) is 0 Å². The van der Waals surface area contributed by atoms with Gasteiger partial charge in [-0.2, -0.15) is 0 Å². The van der Waals surface area contributed by atoms with Gasteiger partial charge in [-0.3, -0.25) is 0 Å². The highest BCUT2D eigenvalue weighted by Gasteiger charge is 2.40. The molecule has 2 aliphatic rings. The Kier molecular flexibility index (Phi) is 4.32. The van der Waals surface area contributed by atoms with Crippen molar-refractivity contribution in [1.82, 2.24) is 10.2 Å². The fourth-order valence-corrected chi connectivity index (χ4v) is 5.53. The second-order valence-corrected chi connectivity index (χ2v) is 7.93. The van der Waals surface area contributed by atoms with Crippen LogP contribution in [0.4, 0.5) is 0 Å². The lowest BCUT2D eigenvalue weighted by Crippen LogP contribution is -2.47. The lowest BCUT2D eigenvalue weighted by molar-refractivity contribution is 0.114. The van der Waals surface area contributed by atoms with E-state index in [4.69, 9.17) is 0 Å². The van der Waals surface area contributed by atoms with E-state index in [0.717, 1.165) is 18.0 Å². The number of hydrogen-bond acceptors (Lipinski definition) is 3. The highest BCUT2D eigenvalue weighted by Crippen LogP contribution is 2.39. The molecule has 2 fully saturated rings. The third kappa shape index (κ3) is 2.78. The molecule has 2 saturated heterocycles. The maximum atomic E-state index is 3.67. The van der Waals surface area contributed by atoms with Crippen molar-refractivity contribution in [3.8, 4) is 0 Å². The predicted molar refractivity (Wildman–Crippen MR) is 85.9 cm³/mol. The van der Waals surface area contributed by atoms with Gasteiger partial charge in [0.1, 0.15) is 0 Å². The van der Waals surface area contributed by atoms with Gasteiger partial charge in [-0.05, 0) is 79.5 Å². The minimum Gasteiger partial charge on any atom is -0.316 e. The number of piperidine rings is 1. The van der Waals surface area contributed by atoms with Crippen LogP contribution in [0.5, 0.6) is 0 Å². The Labute approximate surface area is 128 Å². The number of hydrogen-bond donors (Lipinski definition) is 1. The van der Waals surface area contributed by atoms with Gasteiger partial charge in [0.05, 0.1) is 0 Å². The molecule has 2 nitrogen and oxygen atoms in total. The molecule has 3 unspecified atom stereocenters. The van der Waals surface area contributed by atoms with E-state index in [-0.39, 0.29) is 0 Å². The van der Waals surface area contributed by atoms with Crippen LogP contribution in [0.3, 0.4) is 0 Å². The summed E-state index contributed by atoms with van der Waals surface area (Å²) in [6, 6.07) is 4.48. The maximum absolute atomic E-state index is 3.67. The number of rotatable bonds is 4. The summed E-state index contributed by atoms with van der Waals surface area (Å²) in [5.41, 5.74) is 0. The fourth-order valence-electron chi connectivity index (χ4n) is 3.96. The third-order valence-corrected chi connectivity index (χ3v) is 7.12. The summed E-state index contributed by atoms with van der Waals surface area (Å²) in [5, 5.41) is 5.77. The van der Waals surface area contributed by atoms with Crippen LogP contribution in [-0.4, -0.2) is 37.1 Å². The quantitative estimate of drug-likeness (QED) is 0.900. The van der Waals surface area contributed by atoms with Gasteiger partial charge in [-0.1, -0.05) is 0 Å². The van der Waals surface area contributed by atoms with Gasteiger partial charge < -0.3 is 10.2 Å². The SMILES string of the molecule is CNC(Cc1sccc1Br)C1CC2CCC(C1)N2C. The van der Waals surface area contributed by atoms with Crippen molar-refractivity contribution in [3.63, 3.8) is 0 Å². The van der Waals surface area contributed by atoms with Gasteiger partial charge >= 0.3 is 0 Å². The number of fused-ring (bicyclic) bond motifs is 2. The molecule has 19 heavy (non-hydrogen) atoms. The zero-order chi connectivity index (χ0) is 13.4. The van der Waals surface area contributed by atoms with E-state index in [1.165, 1.54) is 41.5 Å². The summed E-state index contributed by atoms with van der Waals surface area (Å²) in [5.74, 6) is 0.840. The van der Waals surface area contributed by atoms with Crippen LogP contribution in [-0.2, 0) is 6.42 Å². The standard InChI is InChI=1S/C15H23BrN2S/c1-17-14(9-15-13(16)5-6-19-15)10-7-11-3-4-12(8-10)18(11)2/h5-6,10-12,14,17H,3-4,7-9H2,1-2H3. The van der Waals surface area contributed by atoms with Gasteiger partial charge in [0.25, 0.3) is 0 Å². The molecule has 2 bridgehead atoms. The minimum absolute atomic E-state index is 0.631. The second kappa shape index (κ2) is 5.84. The van der Waals surface area contributed by atoms with Crippen molar-refractivity contribution in [2.24, 2.45) is 5.92 Å². The van der Waals surface area contributed by atoms with E-state index in [9.17, 15) is 0 Å². The number of halogens is 1. The summed E-state index contributed by atoms with van der Waals surface area (Å²) in [7, 11) is 4.45. The minimum atomic E-state index is 0.631. The molecule has 1 aromatic heterocycles. The third-order valence-electron chi connectivity index (χ3n) is 5.17. The molecule has 3 atom stereocenters. The Hall–Kier alpha value is 0.1000. The molecule has 0 aliphatic carbocycles. The average Bonchev–Trinajstić information content (AvgIpc) is 2.87. The highest BCUT2D eigenvalue weighted by molar-refractivity contribution is 9.10. The molecule has 0 radical (unpaired) electrons. The number of nitrogens with zero attached hydrogens (tertiary/aromatic N) is 1. The molecular weight excluding hydrogens is 320 g/mol. The van der Waals surface area contributed by atoms with Crippen LogP contribution in [0.1, 0.15) is 30.6 Å². The summed E-state index contributed by atoms with van der Waals surface area (Å²) in [6.45, 7) is 0. The highest BCUT2D eigenvalue weighted by atomic mass is 79.9. The Bertz CT molecular complexity index is 420. The molecule has 4 heteroatoms. The Morgan fingerprint density at radius 3 is 2.63 bits per heavy atom. The van der Waals surface area contributed by atoms with Gasteiger partial charge in [-0.25, -0.2) is 0 Å². The number of thiophene rings is 1. The van der Waals surface area contributed by atoms with Gasteiger partial charge in [0, 0.05) is 27.5 Å². The molecule has 2 aliphatic heterocycles. The molecular formula is C15H23BrN2S. The van der Waals surface area contributed by atoms with Crippen molar-refractivity contribution in [3.05, 3.63) is 20.8 Å². The first kappa shape index (κ1) is 14.1. The summed E-state index contributed by atoms with van der Waals surface area (Å²) in [4.78, 5) is 4.12. The van der Waals surface area contributed by atoms with Crippen LogP contribution in [0.15, 0.2) is 15.9 Å². The molecule has 1 N–H and O–H groups in total. The Balaban J connectivity index is 1.68. The first-order valence-corrected chi connectivity index (χ1v) is 8.97. The largest absolute Gasteiger partial charge is 0.316 e. The zero-order valence-electron chi connectivity index (χ0n) is 11.7. The molecule has 0 spiro atoms. The summed E-state index contributed by atoms with van der Waals surface area (Å²) < 4.78 is 1.29. The van der Waals surface area contributed by atoms with Crippen LogP contribution >= 0.6 is 27.3 Å². The average molecular weight is 343 g/mol. The number of nitrogens with one attached hydrogen (secondary N) is 1. The van der Waals surface area contributed by atoms with Crippen LogP contribution in [0.25, 0.3) is 0 Å². The van der Waals surface area contributed by atoms with E-state index in [0.29, 0.717) is 6.04 Å². The first-order chi connectivity index (χ1) is 9.19. The molecule has 0 amide bonds. The molecule has 0 saturated carbocycles. The van der Waals surface area contributed by atoms with Crippen LogP contribution < -0.4 is 5.32 Å². The van der Waals surface area contributed by atoms with Crippen molar-refractivity contribution >= 4 is 27.3 Å². The molecule has 1 aromatic rings.